The van der Waals surface area contributed by atoms with Gasteiger partial charge in [-0.1, -0.05) is 30.3 Å². The van der Waals surface area contributed by atoms with Crippen LogP contribution in [0.5, 0.6) is 0 Å². The predicted octanol–water partition coefficient (Wildman–Crippen LogP) is 2.63. The van der Waals surface area contributed by atoms with Crippen LogP contribution >= 0.6 is 0 Å². The monoisotopic (exact) mass is 280 g/mol. The lowest BCUT2D eigenvalue weighted by Gasteiger charge is -2.09. The molecule has 0 saturated heterocycles. The molecule has 0 fully saturated rings. The summed E-state index contributed by atoms with van der Waals surface area (Å²) < 4.78 is 4.77. The number of hydrogen-bond donors (Lipinski definition) is 1. The SMILES string of the molecule is COC(=O)c1ccccc1CNCc1ccc(C#N)cc1. The Hall–Kier alpha value is -2.64. The molecule has 21 heavy (non-hydrogen) atoms. The first-order chi connectivity index (χ1) is 10.2. The number of nitrogens with zero attached hydrogens (tertiary/aromatic N) is 1. The number of carbonyl (C=O) groups excluding carboxylic acids is 1. The maximum absolute atomic E-state index is 11.7. The maximum Gasteiger partial charge on any atom is 0.338 e. The fourth-order valence-electron chi connectivity index (χ4n) is 2.02. The molecule has 1 N–H and O–H groups in total. The number of rotatable bonds is 5. The standard InChI is InChI=1S/C17H16N2O2/c1-21-17(20)16-5-3-2-4-15(16)12-19-11-14-8-6-13(10-18)7-9-14/h2-9,19H,11-12H2,1H3. The second kappa shape index (κ2) is 7.22. The lowest BCUT2D eigenvalue weighted by molar-refractivity contribution is 0.0599. The summed E-state index contributed by atoms with van der Waals surface area (Å²) in [6.07, 6.45) is 0. The molecule has 2 aromatic carbocycles. The van der Waals surface area contributed by atoms with Crippen molar-refractivity contribution in [3.05, 3.63) is 70.8 Å². The third kappa shape index (κ3) is 3.91. The van der Waals surface area contributed by atoms with Crippen molar-refractivity contribution in [1.82, 2.24) is 5.32 Å². The van der Waals surface area contributed by atoms with Gasteiger partial charge in [-0.2, -0.15) is 5.26 Å². The number of methoxy groups -OCH3 is 1. The molecule has 106 valence electrons. The molecule has 0 aliphatic carbocycles. The summed E-state index contributed by atoms with van der Waals surface area (Å²) in [7, 11) is 1.38. The van der Waals surface area contributed by atoms with Crippen LogP contribution < -0.4 is 5.32 Å². The highest BCUT2D eigenvalue weighted by Gasteiger charge is 2.10. The van der Waals surface area contributed by atoms with E-state index in [4.69, 9.17) is 10.00 Å². The minimum Gasteiger partial charge on any atom is -0.465 e. The summed E-state index contributed by atoms with van der Waals surface area (Å²) >= 11 is 0. The second-order valence-electron chi connectivity index (χ2n) is 4.56. The van der Waals surface area contributed by atoms with Gasteiger partial charge in [-0.05, 0) is 29.3 Å². The van der Waals surface area contributed by atoms with E-state index in [-0.39, 0.29) is 5.97 Å². The van der Waals surface area contributed by atoms with E-state index >= 15 is 0 Å². The van der Waals surface area contributed by atoms with Gasteiger partial charge in [0.25, 0.3) is 0 Å². The highest BCUT2D eigenvalue weighted by atomic mass is 16.5. The van der Waals surface area contributed by atoms with E-state index in [1.807, 2.05) is 30.3 Å². The molecule has 0 aliphatic heterocycles. The van der Waals surface area contributed by atoms with Crippen LogP contribution in [0.2, 0.25) is 0 Å². The zero-order valence-corrected chi connectivity index (χ0v) is 11.8. The molecule has 0 radical (unpaired) electrons. The second-order valence-corrected chi connectivity index (χ2v) is 4.56. The van der Waals surface area contributed by atoms with Crippen molar-refractivity contribution in [3.63, 3.8) is 0 Å². The summed E-state index contributed by atoms with van der Waals surface area (Å²) in [5, 5.41) is 12.0. The molecule has 0 bridgehead atoms. The lowest BCUT2D eigenvalue weighted by Crippen LogP contribution is -2.16. The van der Waals surface area contributed by atoms with Gasteiger partial charge in [-0.25, -0.2) is 4.79 Å². The van der Waals surface area contributed by atoms with E-state index in [1.54, 1.807) is 18.2 Å². The van der Waals surface area contributed by atoms with Crippen LogP contribution in [0.25, 0.3) is 0 Å². The molecule has 4 nitrogen and oxygen atoms in total. The van der Waals surface area contributed by atoms with E-state index in [2.05, 4.69) is 11.4 Å². The first kappa shape index (κ1) is 14.8. The number of nitrogens with one attached hydrogen (secondary N) is 1. The molecule has 0 unspecified atom stereocenters. The number of benzene rings is 2. The van der Waals surface area contributed by atoms with E-state index < -0.39 is 0 Å². The van der Waals surface area contributed by atoms with Gasteiger partial charge in [0.05, 0.1) is 24.3 Å². The maximum atomic E-state index is 11.7. The quantitative estimate of drug-likeness (QED) is 0.855. The van der Waals surface area contributed by atoms with Crippen LogP contribution in [0.3, 0.4) is 0 Å². The fourth-order valence-corrected chi connectivity index (χ4v) is 2.02. The Morgan fingerprint density at radius 1 is 1.14 bits per heavy atom. The van der Waals surface area contributed by atoms with Crippen LogP contribution in [0.4, 0.5) is 0 Å². The first-order valence-corrected chi connectivity index (χ1v) is 6.60. The Kier molecular flexibility index (Phi) is 5.08. The van der Waals surface area contributed by atoms with Crippen LogP contribution in [-0.2, 0) is 17.8 Å². The van der Waals surface area contributed by atoms with E-state index in [9.17, 15) is 4.79 Å². The van der Waals surface area contributed by atoms with Crippen molar-refractivity contribution in [1.29, 1.82) is 5.26 Å². The average Bonchev–Trinajstić information content (AvgIpc) is 2.55. The molecule has 0 saturated carbocycles. The third-order valence-electron chi connectivity index (χ3n) is 3.15. The van der Waals surface area contributed by atoms with Crippen LogP contribution in [-0.4, -0.2) is 13.1 Å². The van der Waals surface area contributed by atoms with E-state index in [0.29, 0.717) is 24.2 Å². The van der Waals surface area contributed by atoms with Crippen molar-refractivity contribution in [2.45, 2.75) is 13.1 Å². The Morgan fingerprint density at radius 3 is 2.52 bits per heavy atom. The minimum absolute atomic E-state index is 0.328. The molecule has 0 atom stereocenters. The Balaban J connectivity index is 1.97. The normalized spacial score (nSPS) is 9.90. The van der Waals surface area contributed by atoms with Gasteiger partial charge < -0.3 is 10.1 Å². The molecule has 2 rings (SSSR count). The van der Waals surface area contributed by atoms with Crippen molar-refractivity contribution in [2.75, 3.05) is 7.11 Å². The van der Waals surface area contributed by atoms with Crippen LogP contribution in [0.15, 0.2) is 48.5 Å². The van der Waals surface area contributed by atoms with Crippen molar-refractivity contribution >= 4 is 5.97 Å². The number of nitriles is 1. The molecule has 0 aliphatic rings. The summed E-state index contributed by atoms with van der Waals surface area (Å²) in [5.74, 6) is -0.328. The first-order valence-electron chi connectivity index (χ1n) is 6.60. The Labute approximate surface area is 124 Å². The van der Waals surface area contributed by atoms with Crippen molar-refractivity contribution < 1.29 is 9.53 Å². The van der Waals surface area contributed by atoms with E-state index in [1.165, 1.54) is 7.11 Å². The summed E-state index contributed by atoms with van der Waals surface area (Å²) in [6, 6.07) is 16.9. The van der Waals surface area contributed by atoms with Gasteiger partial charge >= 0.3 is 5.97 Å². The molecular weight excluding hydrogens is 264 g/mol. The molecule has 0 amide bonds. The summed E-state index contributed by atoms with van der Waals surface area (Å²) in [4.78, 5) is 11.7. The Bertz CT molecular complexity index is 657. The highest BCUT2D eigenvalue weighted by molar-refractivity contribution is 5.90. The molecule has 4 heteroatoms. The van der Waals surface area contributed by atoms with Gasteiger partial charge in [-0.3, -0.25) is 0 Å². The highest BCUT2D eigenvalue weighted by Crippen LogP contribution is 2.10. The Morgan fingerprint density at radius 2 is 1.86 bits per heavy atom. The summed E-state index contributed by atoms with van der Waals surface area (Å²) in [5.41, 5.74) is 3.21. The number of hydrogen-bond acceptors (Lipinski definition) is 4. The summed E-state index contributed by atoms with van der Waals surface area (Å²) in [6.45, 7) is 1.24. The van der Waals surface area contributed by atoms with Crippen LogP contribution in [0, 0.1) is 11.3 Å². The van der Waals surface area contributed by atoms with Gasteiger partial charge in [0.1, 0.15) is 0 Å². The van der Waals surface area contributed by atoms with Gasteiger partial charge in [0.2, 0.25) is 0 Å². The van der Waals surface area contributed by atoms with Gasteiger partial charge in [0.15, 0.2) is 0 Å². The molecule has 2 aromatic rings. The van der Waals surface area contributed by atoms with E-state index in [0.717, 1.165) is 11.1 Å². The predicted molar refractivity (Wildman–Crippen MR) is 79.5 cm³/mol. The number of esters is 1. The molecule has 0 spiro atoms. The molecule has 0 heterocycles. The van der Waals surface area contributed by atoms with Gasteiger partial charge in [-0.15, -0.1) is 0 Å². The zero-order chi connectivity index (χ0) is 15.1. The number of carbonyl (C=O) groups is 1. The van der Waals surface area contributed by atoms with Crippen molar-refractivity contribution in [3.8, 4) is 6.07 Å². The number of ether oxygens (including phenoxy) is 1. The topological polar surface area (TPSA) is 62.1 Å². The largest absolute Gasteiger partial charge is 0.465 e. The van der Waals surface area contributed by atoms with Gasteiger partial charge in [0, 0.05) is 13.1 Å². The van der Waals surface area contributed by atoms with Crippen LogP contribution in [0.1, 0.15) is 27.0 Å². The smallest absolute Gasteiger partial charge is 0.338 e. The fraction of sp³-hybridized carbons (Fsp3) is 0.176. The average molecular weight is 280 g/mol. The van der Waals surface area contributed by atoms with Crippen molar-refractivity contribution in [2.24, 2.45) is 0 Å². The molecule has 0 aromatic heterocycles. The molecular formula is C17H16N2O2. The third-order valence-corrected chi connectivity index (χ3v) is 3.15. The lowest BCUT2D eigenvalue weighted by atomic mass is 10.1. The zero-order valence-electron chi connectivity index (χ0n) is 11.8. The minimum atomic E-state index is -0.328.